The molecule has 0 aliphatic heterocycles. The summed E-state index contributed by atoms with van der Waals surface area (Å²) >= 11 is 0. The van der Waals surface area contributed by atoms with Gasteiger partial charge in [-0.05, 0) is 17.9 Å². The molecule has 54 valence electrons. The fourth-order valence-corrected chi connectivity index (χ4v) is 1.10. The van der Waals surface area contributed by atoms with Gasteiger partial charge in [0.2, 0.25) is 0 Å². The zero-order valence-electron chi connectivity index (χ0n) is 6.52. The first-order chi connectivity index (χ1) is 4.60. The second kappa shape index (κ2) is 2.41. The van der Waals surface area contributed by atoms with E-state index < -0.39 is 0 Å². The zero-order chi connectivity index (χ0) is 7.61. The molecule has 1 N–H and O–H groups in total. The number of hydrogen-bond donors (Lipinski definition) is 1. The molecule has 1 nitrogen and oxygen atoms in total. The minimum atomic E-state index is 0.167. The van der Waals surface area contributed by atoms with Crippen LogP contribution in [0.15, 0.2) is 24.3 Å². The van der Waals surface area contributed by atoms with E-state index in [1.807, 2.05) is 18.2 Å². The van der Waals surface area contributed by atoms with Crippen LogP contribution in [0.3, 0.4) is 0 Å². The molecule has 0 atom stereocenters. The van der Waals surface area contributed by atoms with Crippen LogP contribution in [0.4, 0.5) is 0 Å². The number of rotatable bonds is 0. The van der Waals surface area contributed by atoms with Gasteiger partial charge in [-0.15, -0.1) is 0 Å². The SMILES string of the molecule is CC1(C)C=CC=CC(=N)C1. The molecule has 0 saturated heterocycles. The van der Waals surface area contributed by atoms with Crippen LogP contribution in [-0.2, 0) is 0 Å². The summed E-state index contributed by atoms with van der Waals surface area (Å²) in [4.78, 5) is 0. The third kappa shape index (κ3) is 1.83. The van der Waals surface area contributed by atoms with Crippen molar-refractivity contribution >= 4 is 5.71 Å². The van der Waals surface area contributed by atoms with Crippen LogP contribution < -0.4 is 0 Å². The fraction of sp³-hybridized carbons (Fsp3) is 0.444. The van der Waals surface area contributed by atoms with Crippen molar-refractivity contribution in [2.24, 2.45) is 5.41 Å². The van der Waals surface area contributed by atoms with Gasteiger partial charge < -0.3 is 5.41 Å². The Bertz CT molecular complexity index is 197. The Kier molecular flexibility index (Phi) is 1.75. The average molecular weight is 135 g/mol. The van der Waals surface area contributed by atoms with Gasteiger partial charge in [0.05, 0.1) is 0 Å². The highest BCUT2D eigenvalue weighted by Gasteiger charge is 2.15. The van der Waals surface area contributed by atoms with Crippen molar-refractivity contribution in [3.8, 4) is 0 Å². The van der Waals surface area contributed by atoms with Crippen LogP contribution in [0, 0.1) is 10.8 Å². The van der Waals surface area contributed by atoms with Crippen molar-refractivity contribution in [2.45, 2.75) is 20.3 Å². The lowest BCUT2D eigenvalue weighted by molar-refractivity contribution is 0.505. The minimum Gasteiger partial charge on any atom is -0.305 e. The molecule has 0 aromatic rings. The molecule has 0 radical (unpaired) electrons. The van der Waals surface area contributed by atoms with Crippen molar-refractivity contribution in [1.82, 2.24) is 0 Å². The van der Waals surface area contributed by atoms with E-state index in [-0.39, 0.29) is 5.41 Å². The Morgan fingerprint density at radius 2 is 2.10 bits per heavy atom. The lowest BCUT2D eigenvalue weighted by atomic mass is 9.88. The maximum Gasteiger partial charge on any atom is 0.0322 e. The summed E-state index contributed by atoms with van der Waals surface area (Å²) in [7, 11) is 0. The van der Waals surface area contributed by atoms with Gasteiger partial charge in [0, 0.05) is 5.71 Å². The summed E-state index contributed by atoms with van der Waals surface area (Å²) < 4.78 is 0. The average Bonchev–Trinajstić information content (AvgIpc) is 1.90. The summed E-state index contributed by atoms with van der Waals surface area (Å²) in [6, 6.07) is 0. The molecule has 1 heteroatoms. The first kappa shape index (κ1) is 7.26. The summed E-state index contributed by atoms with van der Waals surface area (Å²) in [6.45, 7) is 4.29. The Hall–Kier alpha value is -0.850. The lowest BCUT2D eigenvalue weighted by Gasteiger charge is -2.17. The highest BCUT2D eigenvalue weighted by atomic mass is 14.4. The maximum absolute atomic E-state index is 7.46. The van der Waals surface area contributed by atoms with Gasteiger partial charge in [0.15, 0.2) is 0 Å². The molecule has 0 bridgehead atoms. The van der Waals surface area contributed by atoms with Crippen molar-refractivity contribution in [3.05, 3.63) is 24.3 Å². The normalized spacial score (nSPS) is 22.8. The minimum absolute atomic E-state index is 0.167. The molecular weight excluding hydrogens is 122 g/mol. The van der Waals surface area contributed by atoms with Gasteiger partial charge in [0.1, 0.15) is 0 Å². The maximum atomic E-state index is 7.46. The van der Waals surface area contributed by atoms with E-state index in [1.165, 1.54) is 0 Å². The largest absolute Gasteiger partial charge is 0.305 e. The van der Waals surface area contributed by atoms with Crippen molar-refractivity contribution in [3.63, 3.8) is 0 Å². The Morgan fingerprint density at radius 3 is 2.80 bits per heavy atom. The summed E-state index contributed by atoms with van der Waals surface area (Å²) in [6.07, 6.45) is 8.79. The van der Waals surface area contributed by atoms with Crippen LogP contribution in [0.1, 0.15) is 20.3 Å². The number of allylic oxidation sites excluding steroid dienone is 4. The molecule has 10 heavy (non-hydrogen) atoms. The van der Waals surface area contributed by atoms with Crippen molar-refractivity contribution in [2.75, 3.05) is 0 Å². The van der Waals surface area contributed by atoms with E-state index in [0.717, 1.165) is 12.1 Å². The number of hydrogen-bond acceptors (Lipinski definition) is 1. The Morgan fingerprint density at radius 1 is 1.40 bits per heavy atom. The Balaban J connectivity index is 2.79. The first-order valence-corrected chi connectivity index (χ1v) is 3.53. The van der Waals surface area contributed by atoms with E-state index in [0.29, 0.717) is 0 Å². The Labute approximate surface area is 62.0 Å². The lowest BCUT2D eigenvalue weighted by Crippen LogP contribution is -2.10. The molecule has 0 fully saturated rings. The van der Waals surface area contributed by atoms with Gasteiger partial charge in [-0.25, -0.2) is 0 Å². The third-order valence-electron chi connectivity index (χ3n) is 1.60. The second-order valence-electron chi connectivity index (χ2n) is 3.41. The quantitative estimate of drug-likeness (QED) is 0.528. The van der Waals surface area contributed by atoms with Crippen molar-refractivity contribution in [1.29, 1.82) is 5.41 Å². The molecule has 0 aromatic heterocycles. The standard InChI is InChI=1S/C9H13N/c1-9(2)6-4-3-5-8(10)7-9/h3-6,10H,7H2,1-2H3. The van der Waals surface area contributed by atoms with E-state index in [1.54, 1.807) is 0 Å². The molecule has 0 heterocycles. The molecule has 0 saturated carbocycles. The smallest absolute Gasteiger partial charge is 0.0322 e. The topological polar surface area (TPSA) is 23.9 Å². The van der Waals surface area contributed by atoms with Gasteiger partial charge in [0.25, 0.3) is 0 Å². The molecule has 0 aromatic carbocycles. The summed E-state index contributed by atoms with van der Waals surface area (Å²) in [5.41, 5.74) is 0.885. The molecular formula is C9H13N. The zero-order valence-corrected chi connectivity index (χ0v) is 6.52. The predicted molar refractivity (Wildman–Crippen MR) is 44.4 cm³/mol. The number of nitrogens with one attached hydrogen (secondary N) is 1. The first-order valence-electron chi connectivity index (χ1n) is 3.53. The second-order valence-corrected chi connectivity index (χ2v) is 3.41. The molecule has 1 aliphatic carbocycles. The van der Waals surface area contributed by atoms with E-state index in [2.05, 4.69) is 19.9 Å². The van der Waals surface area contributed by atoms with Crippen LogP contribution in [0.5, 0.6) is 0 Å². The summed E-state index contributed by atoms with van der Waals surface area (Å²) in [5, 5.41) is 7.46. The molecule has 0 unspecified atom stereocenters. The summed E-state index contributed by atoms with van der Waals surface area (Å²) in [5.74, 6) is 0. The van der Waals surface area contributed by atoms with Gasteiger partial charge >= 0.3 is 0 Å². The predicted octanol–water partition coefficient (Wildman–Crippen LogP) is 2.55. The van der Waals surface area contributed by atoms with Crippen LogP contribution in [-0.4, -0.2) is 5.71 Å². The van der Waals surface area contributed by atoms with Crippen LogP contribution in [0.2, 0.25) is 0 Å². The van der Waals surface area contributed by atoms with Gasteiger partial charge in [-0.2, -0.15) is 0 Å². The van der Waals surface area contributed by atoms with Crippen molar-refractivity contribution < 1.29 is 0 Å². The third-order valence-corrected chi connectivity index (χ3v) is 1.60. The van der Waals surface area contributed by atoms with E-state index in [4.69, 9.17) is 5.41 Å². The van der Waals surface area contributed by atoms with Crippen LogP contribution >= 0.6 is 0 Å². The highest BCUT2D eigenvalue weighted by molar-refractivity contribution is 5.93. The molecule has 0 amide bonds. The molecule has 0 spiro atoms. The van der Waals surface area contributed by atoms with Gasteiger partial charge in [-0.1, -0.05) is 32.1 Å². The van der Waals surface area contributed by atoms with E-state index in [9.17, 15) is 0 Å². The van der Waals surface area contributed by atoms with Crippen LogP contribution in [0.25, 0.3) is 0 Å². The molecule has 1 aliphatic rings. The molecule has 1 rings (SSSR count). The van der Waals surface area contributed by atoms with E-state index >= 15 is 0 Å². The fourth-order valence-electron chi connectivity index (χ4n) is 1.10. The monoisotopic (exact) mass is 135 g/mol. The van der Waals surface area contributed by atoms with Gasteiger partial charge in [-0.3, -0.25) is 0 Å². The highest BCUT2D eigenvalue weighted by Crippen LogP contribution is 2.24.